The van der Waals surface area contributed by atoms with Gasteiger partial charge in [-0.05, 0) is 42.7 Å². The van der Waals surface area contributed by atoms with Gasteiger partial charge in [-0.15, -0.1) is 0 Å². The molecule has 0 spiro atoms. The standard InChI is InChI=1S/C23H25ClO7/c1-29-16-6-8-21(31-10-9-30-17-12-15(13-17)23(27)28)14(11-16)5-7-20(25)18-3-2-4-19(24)22(18)26/h2-8,15-17,26H,9-13H2,1H3,(H,27,28)/b7-5+. The molecule has 31 heavy (non-hydrogen) atoms. The van der Waals surface area contributed by atoms with Crippen LogP contribution in [0.3, 0.4) is 0 Å². The summed E-state index contributed by atoms with van der Waals surface area (Å²) in [5, 5.41) is 19.0. The Morgan fingerprint density at radius 1 is 1.26 bits per heavy atom. The minimum Gasteiger partial charge on any atom is -0.506 e. The number of carboxylic acids is 1. The summed E-state index contributed by atoms with van der Waals surface area (Å²) in [7, 11) is 1.61. The molecule has 0 saturated heterocycles. The van der Waals surface area contributed by atoms with Gasteiger partial charge in [-0.25, -0.2) is 0 Å². The molecule has 0 aromatic heterocycles. The number of benzene rings is 1. The zero-order chi connectivity index (χ0) is 22.4. The lowest BCUT2D eigenvalue weighted by molar-refractivity contribution is -0.151. The quantitative estimate of drug-likeness (QED) is 0.318. The number of aromatic hydroxyl groups is 1. The molecule has 8 heteroatoms. The molecular weight excluding hydrogens is 424 g/mol. The molecule has 2 aliphatic carbocycles. The zero-order valence-electron chi connectivity index (χ0n) is 17.1. The van der Waals surface area contributed by atoms with Crippen LogP contribution in [0.15, 0.2) is 53.8 Å². The first kappa shape index (κ1) is 23.1. The lowest BCUT2D eigenvalue weighted by Crippen LogP contribution is -2.36. The van der Waals surface area contributed by atoms with Crippen LogP contribution >= 0.6 is 11.6 Å². The van der Waals surface area contributed by atoms with Crippen molar-refractivity contribution in [2.75, 3.05) is 20.3 Å². The predicted octanol–water partition coefficient (Wildman–Crippen LogP) is 3.91. The fourth-order valence-corrected chi connectivity index (χ4v) is 3.56. The molecule has 1 atom stereocenters. The highest BCUT2D eigenvalue weighted by atomic mass is 35.5. The Kier molecular flexibility index (Phi) is 7.90. The van der Waals surface area contributed by atoms with Crippen LogP contribution in [0.5, 0.6) is 5.75 Å². The second-order valence-corrected chi connectivity index (χ2v) is 7.82. The Morgan fingerprint density at radius 3 is 2.74 bits per heavy atom. The van der Waals surface area contributed by atoms with Crippen molar-refractivity contribution >= 4 is 23.4 Å². The number of para-hydroxylation sites is 1. The monoisotopic (exact) mass is 448 g/mol. The molecule has 0 radical (unpaired) electrons. The molecule has 0 aliphatic heterocycles. The van der Waals surface area contributed by atoms with Crippen molar-refractivity contribution in [3.63, 3.8) is 0 Å². The lowest BCUT2D eigenvalue weighted by atomic mass is 9.82. The number of ether oxygens (including phenoxy) is 3. The second kappa shape index (κ2) is 10.6. The van der Waals surface area contributed by atoms with E-state index in [0.717, 1.165) is 5.57 Å². The number of carbonyl (C=O) groups excluding carboxylic acids is 1. The average Bonchev–Trinajstić information content (AvgIpc) is 2.72. The van der Waals surface area contributed by atoms with E-state index in [1.54, 1.807) is 25.3 Å². The number of hydrogen-bond acceptors (Lipinski definition) is 6. The van der Waals surface area contributed by atoms with E-state index in [1.165, 1.54) is 18.2 Å². The van der Waals surface area contributed by atoms with Crippen LogP contribution in [-0.4, -0.2) is 54.5 Å². The molecule has 166 valence electrons. The van der Waals surface area contributed by atoms with E-state index in [1.807, 2.05) is 6.08 Å². The number of aliphatic carboxylic acids is 1. The topological polar surface area (TPSA) is 102 Å². The van der Waals surface area contributed by atoms with Gasteiger partial charge >= 0.3 is 5.97 Å². The van der Waals surface area contributed by atoms with E-state index in [4.69, 9.17) is 30.9 Å². The number of ketones is 1. The van der Waals surface area contributed by atoms with E-state index in [9.17, 15) is 14.7 Å². The third-order valence-corrected chi connectivity index (χ3v) is 5.63. The Bertz CT molecular complexity index is 913. The van der Waals surface area contributed by atoms with Crippen molar-refractivity contribution in [3.8, 4) is 5.75 Å². The Hall–Kier alpha value is -2.61. The molecule has 0 amide bonds. The van der Waals surface area contributed by atoms with Gasteiger partial charge in [-0.1, -0.05) is 29.8 Å². The van der Waals surface area contributed by atoms with E-state index in [-0.39, 0.29) is 40.2 Å². The number of phenols is 1. The summed E-state index contributed by atoms with van der Waals surface area (Å²) in [4.78, 5) is 23.3. The number of hydrogen-bond donors (Lipinski definition) is 2. The van der Waals surface area contributed by atoms with Crippen molar-refractivity contribution in [1.82, 2.24) is 0 Å². The molecule has 1 fully saturated rings. The first-order valence-corrected chi connectivity index (χ1v) is 10.4. The van der Waals surface area contributed by atoms with E-state index < -0.39 is 5.97 Å². The highest BCUT2D eigenvalue weighted by Crippen LogP contribution is 2.30. The first-order valence-electron chi connectivity index (χ1n) is 10.00. The van der Waals surface area contributed by atoms with E-state index in [0.29, 0.717) is 38.2 Å². The average molecular weight is 449 g/mol. The van der Waals surface area contributed by atoms with Gasteiger partial charge in [-0.2, -0.15) is 0 Å². The third-order valence-electron chi connectivity index (χ3n) is 5.33. The van der Waals surface area contributed by atoms with Crippen LogP contribution in [0.2, 0.25) is 5.02 Å². The van der Waals surface area contributed by atoms with Gasteiger partial charge in [-0.3, -0.25) is 9.59 Å². The molecule has 0 bridgehead atoms. The summed E-state index contributed by atoms with van der Waals surface area (Å²) in [6.45, 7) is 0.639. The van der Waals surface area contributed by atoms with Crippen molar-refractivity contribution < 1.29 is 34.0 Å². The minimum absolute atomic E-state index is 0.0409. The molecule has 1 aromatic rings. The summed E-state index contributed by atoms with van der Waals surface area (Å²) in [6.07, 6.45) is 8.09. The van der Waals surface area contributed by atoms with Crippen molar-refractivity contribution in [2.24, 2.45) is 5.92 Å². The highest BCUT2D eigenvalue weighted by molar-refractivity contribution is 6.32. The van der Waals surface area contributed by atoms with Crippen LogP contribution in [0.25, 0.3) is 0 Å². The molecule has 0 heterocycles. The summed E-state index contributed by atoms with van der Waals surface area (Å²) in [6, 6.07) is 4.61. The highest BCUT2D eigenvalue weighted by Gasteiger charge is 2.35. The van der Waals surface area contributed by atoms with Crippen molar-refractivity contribution in [1.29, 1.82) is 0 Å². The largest absolute Gasteiger partial charge is 0.506 e. The Balaban J connectivity index is 1.59. The fourth-order valence-electron chi connectivity index (χ4n) is 3.39. The van der Waals surface area contributed by atoms with Crippen molar-refractivity contribution in [2.45, 2.75) is 31.5 Å². The number of carboxylic acid groups (broad SMARTS) is 1. The van der Waals surface area contributed by atoms with Gasteiger partial charge in [0.15, 0.2) is 5.78 Å². The van der Waals surface area contributed by atoms with Gasteiger partial charge in [0, 0.05) is 13.5 Å². The van der Waals surface area contributed by atoms with Crippen LogP contribution in [-0.2, 0) is 19.0 Å². The van der Waals surface area contributed by atoms with Crippen LogP contribution in [0, 0.1) is 5.92 Å². The van der Waals surface area contributed by atoms with E-state index >= 15 is 0 Å². The molecule has 3 rings (SSSR count). The second-order valence-electron chi connectivity index (χ2n) is 7.41. The van der Waals surface area contributed by atoms with Crippen molar-refractivity contribution in [3.05, 3.63) is 64.4 Å². The van der Waals surface area contributed by atoms with Gasteiger partial charge in [0.05, 0.1) is 35.3 Å². The first-order chi connectivity index (χ1) is 14.9. The van der Waals surface area contributed by atoms with Gasteiger partial charge in [0.2, 0.25) is 0 Å². The van der Waals surface area contributed by atoms with Crippen LogP contribution < -0.4 is 0 Å². The van der Waals surface area contributed by atoms with Crippen LogP contribution in [0.1, 0.15) is 29.6 Å². The number of rotatable bonds is 10. The molecule has 1 unspecified atom stereocenters. The number of methoxy groups -OCH3 is 1. The molecular formula is C23H25ClO7. The number of phenolic OH excluding ortho intramolecular Hbond substituents is 1. The normalized spacial score (nSPS) is 23.1. The summed E-state index contributed by atoms with van der Waals surface area (Å²) in [5.41, 5.74) is 0.897. The summed E-state index contributed by atoms with van der Waals surface area (Å²) < 4.78 is 16.8. The molecule has 7 nitrogen and oxygen atoms in total. The molecule has 2 N–H and O–H groups in total. The SMILES string of the molecule is COC1C=CC(OCCOC2CC(C(=O)O)C2)=C(/C=C/C(=O)c2cccc(Cl)c2O)C1. The predicted molar refractivity (Wildman–Crippen MR) is 114 cm³/mol. The smallest absolute Gasteiger partial charge is 0.306 e. The maximum Gasteiger partial charge on any atom is 0.306 e. The summed E-state index contributed by atoms with van der Waals surface area (Å²) >= 11 is 5.88. The maximum absolute atomic E-state index is 12.5. The fraction of sp³-hybridized carbons (Fsp3) is 0.391. The Morgan fingerprint density at radius 2 is 2.03 bits per heavy atom. The summed E-state index contributed by atoms with van der Waals surface area (Å²) in [5.74, 6) is -1.11. The van der Waals surface area contributed by atoms with E-state index in [2.05, 4.69) is 0 Å². The van der Waals surface area contributed by atoms with Crippen LogP contribution in [0.4, 0.5) is 0 Å². The third kappa shape index (κ3) is 5.97. The number of halogens is 1. The zero-order valence-corrected chi connectivity index (χ0v) is 17.9. The number of carbonyl (C=O) groups is 2. The lowest BCUT2D eigenvalue weighted by Gasteiger charge is -2.32. The Labute approximate surface area is 185 Å². The molecule has 1 aromatic carbocycles. The minimum atomic E-state index is -0.779. The maximum atomic E-state index is 12.5. The van der Waals surface area contributed by atoms with Gasteiger partial charge < -0.3 is 24.4 Å². The number of allylic oxidation sites excluding steroid dienone is 3. The molecule has 2 aliphatic rings. The van der Waals surface area contributed by atoms with Gasteiger partial charge in [0.25, 0.3) is 0 Å². The molecule has 1 saturated carbocycles. The van der Waals surface area contributed by atoms with Gasteiger partial charge in [0.1, 0.15) is 18.1 Å².